The normalized spacial score (nSPS) is 12.0. The summed E-state index contributed by atoms with van der Waals surface area (Å²) in [5.74, 6) is -8.30. The van der Waals surface area contributed by atoms with Crippen LogP contribution < -0.4 is 11.5 Å². The molecule has 2 rings (SSSR count). The van der Waals surface area contributed by atoms with Crippen LogP contribution in [-0.2, 0) is 0 Å². The molecule has 0 fully saturated rings. The van der Waals surface area contributed by atoms with Crippen LogP contribution in [-0.4, -0.2) is 6.18 Å². The van der Waals surface area contributed by atoms with E-state index >= 15 is 0 Å². The van der Waals surface area contributed by atoms with E-state index in [1.807, 2.05) is 0 Å². The molecule has 0 aliphatic carbocycles. The number of benzene rings is 2. The van der Waals surface area contributed by atoms with Crippen LogP contribution in [0.1, 0.15) is 17.0 Å². The van der Waals surface area contributed by atoms with Gasteiger partial charge in [0.1, 0.15) is 40.6 Å². The minimum Gasteiger partial charge on any atom is -0.394 e. The zero-order chi connectivity index (χ0) is 17.5. The summed E-state index contributed by atoms with van der Waals surface area (Å²) in [6.45, 7) is 0. The summed E-state index contributed by atoms with van der Waals surface area (Å²) in [7, 11) is 0. The van der Waals surface area contributed by atoms with Gasteiger partial charge in [0, 0.05) is 0 Å². The topological polar surface area (TPSA) is 52.0 Å². The van der Waals surface area contributed by atoms with Crippen molar-refractivity contribution in [3.8, 4) is 0 Å². The van der Waals surface area contributed by atoms with E-state index in [9.17, 15) is 30.7 Å². The Morgan fingerprint density at radius 1 is 0.652 bits per heavy atom. The number of nitrogen functional groups attached to an aromatic ring is 2. The lowest BCUT2D eigenvalue weighted by atomic mass is 9.90. The predicted octanol–water partition coefficient (Wildman–Crippen LogP) is 4.10. The number of halogens is 7. The quantitative estimate of drug-likeness (QED) is 0.640. The Morgan fingerprint density at radius 3 is 1.13 bits per heavy atom. The Morgan fingerprint density at radius 2 is 0.913 bits per heavy atom. The maximum atomic E-state index is 13.4. The maximum absolute atomic E-state index is 13.4. The van der Waals surface area contributed by atoms with Gasteiger partial charge in [-0.15, -0.1) is 0 Å². The SMILES string of the molecule is Nc1c(F)cc(C(c2cc(F)c(N)c(F)c2)C(F)(F)F)cc1F. The Balaban J connectivity index is 2.69. The second kappa shape index (κ2) is 5.64. The van der Waals surface area contributed by atoms with E-state index in [1.54, 1.807) is 0 Å². The molecular formula is C14H9F7N2. The molecule has 0 radical (unpaired) electrons. The molecule has 9 heteroatoms. The van der Waals surface area contributed by atoms with E-state index in [4.69, 9.17) is 11.5 Å². The van der Waals surface area contributed by atoms with Gasteiger partial charge in [-0.2, -0.15) is 13.2 Å². The number of anilines is 2. The number of rotatable bonds is 2. The van der Waals surface area contributed by atoms with Gasteiger partial charge in [0.15, 0.2) is 0 Å². The van der Waals surface area contributed by atoms with E-state index in [2.05, 4.69) is 0 Å². The predicted molar refractivity (Wildman–Crippen MR) is 69.4 cm³/mol. The highest BCUT2D eigenvalue weighted by Crippen LogP contribution is 2.42. The van der Waals surface area contributed by atoms with Gasteiger partial charge < -0.3 is 11.5 Å². The van der Waals surface area contributed by atoms with Crippen molar-refractivity contribution in [2.24, 2.45) is 0 Å². The summed E-state index contributed by atoms with van der Waals surface area (Å²) >= 11 is 0. The molecule has 0 aromatic heterocycles. The summed E-state index contributed by atoms with van der Waals surface area (Å²) < 4.78 is 93.5. The fraction of sp³-hybridized carbons (Fsp3) is 0.143. The average Bonchev–Trinajstić information content (AvgIpc) is 2.40. The lowest BCUT2D eigenvalue weighted by molar-refractivity contribution is -0.141. The van der Waals surface area contributed by atoms with Crippen molar-refractivity contribution in [1.29, 1.82) is 0 Å². The molecule has 23 heavy (non-hydrogen) atoms. The first kappa shape index (κ1) is 16.9. The third kappa shape index (κ3) is 3.17. The van der Waals surface area contributed by atoms with Crippen molar-refractivity contribution in [2.75, 3.05) is 11.5 Å². The van der Waals surface area contributed by atoms with E-state index in [0.29, 0.717) is 24.3 Å². The van der Waals surface area contributed by atoms with Crippen molar-refractivity contribution in [1.82, 2.24) is 0 Å². The molecule has 0 heterocycles. The Hall–Kier alpha value is -2.45. The van der Waals surface area contributed by atoms with Crippen LogP contribution in [0.5, 0.6) is 0 Å². The zero-order valence-electron chi connectivity index (χ0n) is 11.2. The fourth-order valence-electron chi connectivity index (χ4n) is 2.11. The summed E-state index contributed by atoms with van der Waals surface area (Å²) in [4.78, 5) is 0. The van der Waals surface area contributed by atoms with Gasteiger partial charge >= 0.3 is 6.18 Å². The van der Waals surface area contributed by atoms with Crippen molar-refractivity contribution in [3.63, 3.8) is 0 Å². The van der Waals surface area contributed by atoms with Crippen LogP contribution >= 0.6 is 0 Å². The fourth-order valence-corrected chi connectivity index (χ4v) is 2.11. The lowest BCUT2D eigenvalue weighted by Crippen LogP contribution is -2.23. The molecule has 124 valence electrons. The third-order valence-electron chi connectivity index (χ3n) is 3.20. The van der Waals surface area contributed by atoms with Crippen molar-refractivity contribution in [2.45, 2.75) is 12.1 Å². The van der Waals surface area contributed by atoms with Crippen molar-refractivity contribution in [3.05, 3.63) is 58.7 Å². The summed E-state index contributed by atoms with van der Waals surface area (Å²) in [5, 5.41) is 0. The molecule has 0 atom stereocenters. The third-order valence-corrected chi connectivity index (χ3v) is 3.20. The number of alkyl halides is 3. The second-order valence-corrected chi connectivity index (χ2v) is 4.77. The molecule has 4 N–H and O–H groups in total. The first-order chi connectivity index (χ1) is 10.5. The van der Waals surface area contributed by atoms with Crippen LogP contribution in [0.25, 0.3) is 0 Å². The largest absolute Gasteiger partial charge is 0.399 e. The zero-order valence-corrected chi connectivity index (χ0v) is 11.2. The second-order valence-electron chi connectivity index (χ2n) is 4.77. The molecule has 0 saturated heterocycles. The molecule has 2 aromatic rings. The number of nitrogens with two attached hydrogens (primary N) is 2. The molecule has 0 spiro atoms. The Bertz CT molecular complexity index is 652. The monoisotopic (exact) mass is 338 g/mol. The molecule has 2 nitrogen and oxygen atoms in total. The van der Waals surface area contributed by atoms with Gasteiger partial charge in [-0.05, 0) is 35.4 Å². The van der Waals surface area contributed by atoms with Crippen LogP contribution in [0.3, 0.4) is 0 Å². The first-order valence-corrected chi connectivity index (χ1v) is 6.08. The van der Waals surface area contributed by atoms with Gasteiger partial charge in [0.2, 0.25) is 0 Å². The summed E-state index contributed by atoms with van der Waals surface area (Å²) in [5.41, 5.74) is 6.32. The van der Waals surface area contributed by atoms with Crippen molar-refractivity contribution >= 4 is 11.4 Å². The van der Waals surface area contributed by atoms with Gasteiger partial charge in [0.25, 0.3) is 0 Å². The molecular weight excluding hydrogens is 329 g/mol. The van der Waals surface area contributed by atoms with Crippen molar-refractivity contribution < 1.29 is 30.7 Å². The van der Waals surface area contributed by atoms with E-state index in [1.165, 1.54) is 0 Å². The van der Waals surface area contributed by atoms with Crippen LogP contribution in [0.4, 0.5) is 42.1 Å². The number of hydrogen-bond acceptors (Lipinski definition) is 2. The average molecular weight is 338 g/mol. The highest BCUT2D eigenvalue weighted by Gasteiger charge is 2.43. The van der Waals surface area contributed by atoms with Gasteiger partial charge in [-0.1, -0.05) is 0 Å². The van der Waals surface area contributed by atoms with Gasteiger partial charge in [-0.3, -0.25) is 0 Å². The van der Waals surface area contributed by atoms with Crippen LogP contribution in [0, 0.1) is 23.3 Å². The lowest BCUT2D eigenvalue weighted by Gasteiger charge is -2.22. The molecule has 0 saturated carbocycles. The summed E-state index contributed by atoms with van der Waals surface area (Å²) in [6, 6.07) is 1.46. The highest BCUT2D eigenvalue weighted by atomic mass is 19.4. The van der Waals surface area contributed by atoms with Gasteiger partial charge in [-0.25, -0.2) is 17.6 Å². The maximum Gasteiger partial charge on any atom is 0.399 e. The molecule has 0 aliphatic rings. The molecule has 0 bridgehead atoms. The molecule has 2 aromatic carbocycles. The smallest absolute Gasteiger partial charge is 0.394 e. The Kier molecular flexibility index (Phi) is 4.14. The van der Waals surface area contributed by atoms with E-state index in [-0.39, 0.29) is 0 Å². The van der Waals surface area contributed by atoms with Crippen LogP contribution in [0.15, 0.2) is 24.3 Å². The van der Waals surface area contributed by atoms with Gasteiger partial charge in [0.05, 0.1) is 0 Å². The first-order valence-electron chi connectivity index (χ1n) is 6.08. The minimum atomic E-state index is -5.07. The van der Waals surface area contributed by atoms with Crippen LogP contribution in [0.2, 0.25) is 0 Å². The van der Waals surface area contributed by atoms with E-state index in [0.717, 1.165) is 0 Å². The molecule has 0 unspecified atom stereocenters. The standard InChI is InChI=1S/C14H9F7N2/c15-7-1-5(2-8(16)12(7)22)11(14(19,20)21)6-3-9(17)13(23)10(18)4-6/h1-4,11H,22-23H2. The highest BCUT2D eigenvalue weighted by molar-refractivity contribution is 5.49. The minimum absolute atomic E-state index is 0.364. The molecule has 0 amide bonds. The van der Waals surface area contributed by atoms with E-state index < -0.39 is 57.9 Å². The Labute approximate surface area is 125 Å². The molecule has 0 aliphatic heterocycles. The number of hydrogen-bond donors (Lipinski definition) is 2. The summed E-state index contributed by atoms with van der Waals surface area (Å²) in [6.07, 6.45) is -5.07.